The number of hydrogen-bond acceptors (Lipinski definition) is 5. The minimum Gasteiger partial charge on any atom is -0.494 e. The standard InChI is InChI=1S/C23H26N4O3/c1-3-5-14-30-17-12-10-16(11-13-17)27-21(28)15-19(22(27)29)25-23-24-18-8-6-7-9-20(18)26(23)4-2/h6-13,19H,3-5,14-15H2,1-2H3,(H,24,25). The maximum Gasteiger partial charge on any atom is 0.256 e. The third-order valence-corrected chi connectivity index (χ3v) is 5.28. The van der Waals surface area contributed by atoms with Gasteiger partial charge in [-0.1, -0.05) is 25.5 Å². The molecule has 0 aliphatic carbocycles. The number of fused-ring (bicyclic) bond motifs is 1. The SMILES string of the molecule is CCCCOc1ccc(N2C(=O)CC(Nc3nc4ccccc4n3CC)C2=O)cc1. The molecule has 1 aromatic heterocycles. The van der Waals surface area contributed by atoms with Crippen LogP contribution in [0.5, 0.6) is 5.75 Å². The molecule has 2 aromatic carbocycles. The number of imidazole rings is 1. The number of carbonyl (C=O) groups is 2. The van der Waals surface area contributed by atoms with Crippen molar-refractivity contribution in [2.45, 2.75) is 45.7 Å². The van der Waals surface area contributed by atoms with Crippen LogP contribution in [-0.4, -0.2) is 34.0 Å². The molecule has 1 aliphatic heterocycles. The number of imide groups is 1. The lowest BCUT2D eigenvalue weighted by Gasteiger charge is -2.17. The number of anilines is 2. The van der Waals surface area contributed by atoms with Gasteiger partial charge in [0.05, 0.1) is 29.7 Å². The Morgan fingerprint density at radius 1 is 1.10 bits per heavy atom. The average Bonchev–Trinajstić information content (AvgIpc) is 3.25. The first-order chi connectivity index (χ1) is 14.6. The molecular formula is C23H26N4O3. The number of amides is 2. The van der Waals surface area contributed by atoms with Crippen LogP contribution in [0, 0.1) is 0 Å². The van der Waals surface area contributed by atoms with Crippen LogP contribution in [0.25, 0.3) is 11.0 Å². The van der Waals surface area contributed by atoms with Gasteiger partial charge in [0.25, 0.3) is 5.91 Å². The number of para-hydroxylation sites is 2. The molecule has 1 saturated heterocycles. The predicted molar refractivity (Wildman–Crippen MR) is 117 cm³/mol. The fourth-order valence-corrected chi connectivity index (χ4v) is 3.70. The van der Waals surface area contributed by atoms with Gasteiger partial charge in [-0.05, 0) is 49.7 Å². The Labute approximate surface area is 175 Å². The highest BCUT2D eigenvalue weighted by Crippen LogP contribution is 2.28. The molecule has 0 saturated carbocycles. The molecule has 4 rings (SSSR count). The van der Waals surface area contributed by atoms with E-state index in [1.807, 2.05) is 35.8 Å². The van der Waals surface area contributed by atoms with Crippen molar-refractivity contribution in [3.63, 3.8) is 0 Å². The molecular weight excluding hydrogens is 380 g/mol. The largest absolute Gasteiger partial charge is 0.494 e. The van der Waals surface area contributed by atoms with Crippen molar-refractivity contribution in [2.24, 2.45) is 0 Å². The lowest BCUT2D eigenvalue weighted by molar-refractivity contribution is -0.121. The van der Waals surface area contributed by atoms with Gasteiger partial charge in [-0.15, -0.1) is 0 Å². The van der Waals surface area contributed by atoms with Crippen LogP contribution in [0.2, 0.25) is 0 Å². The number of hydrogen-bond donors (Lipinski definition) is 1. The summed E-state index contributed by atoms with van der Waals surface area (Å²) in [5, 5.41) is 3.19. The molecule has 0 spiro atoms. The van der Waals surface area contributed by atoms with Crippen molar-refractivity contribution in [1.29, 1.82) is 0 Å². The highest BCUT2D eigenvalue weighted by Gasteiger charge is 2.40. The van der Waals surface area contributed by atoms with Gasteiger partial charge in [0.15, 0.2) is 0 Å². The number of ether oxygens (including phenoxy) is 1. The smallest absolute Gasteiger partial charge is 0.256 e. The summed E-state index contributed by atoms with van der Waals surface area (Å²) < 4.78 is 7.67. The normalized spacial score (nSPS) is 16.5. The molecule has 156 valence electrons. The van der Waals surface area contributed by atoms with Gasteiger partial charge < -0.3 is 14.6 Å². The van der Waals surface area contributed by atoms with Gasteiger partial charge in [-0.25, -0.2) is 9.88 Å². The highest BCUT2D eigenvalue weighted by molar-refractivity contribution is 6.23. The topological polar surface area (TPSA) is 76.5 Å². The fraction of sp³-hybridized carbons (Fsp3) is 0.348. The maximum atomic E-state index is 13.0. The van der Waals surface area contributed by atoms with Gasteiger partial charge in [0.2, 0.25) is 11.9 Å². The molecule has 1 fully saturated rings. The van der Waals surface area contributed by atoms with E-state index in [2.05, 4.69) is 17.2 Å². The maximum absolute atomic E-state index is 13.0. The Kier molecular flexibility index (Phi) is 5.70. The first kappa shape index (κ1) is 19.9. The number of aryl methyl sites for hydroxylation is 1. The quantitative estimate of drug-likeness (QED) is 0.452. The van der Waals surface area contributed by atoms with Gasteiger partial charge in [-0.3, -0.25) is 9.59 Å². The first-order valence-corrected chi connectivity index (χ1v) is 10.4. The number of benzene rings is 2. The number of unbranched alkanes of at least 4 members (excludes halogenated alkanes) is 1. The molecule has 0 radical (unpaired) electrons. The summed E-state index contributed by atoms with van der Waals surface area (Å²) in [4.78, 5) is 31.5. The molecule has 7 nitrogen and oxygen atoms in total. The van der Waals surface area contributed by atoms with Crippen LogP contribution < -0.4 is 15.0 Å². The molecule has 0 bridgehead atoms. The molecule has 2 heterocycles. The monoisotopic (exact) mass is 406 g/mol. The first-order valence-electron chi connectivity index (χ1n) is 10.4. The second-order valence-corrected chi connectivity index (χ2v) is 7.33. The average molecular weight is 406 g/mol. The van der Waals surface area contributed by atoms with Gasteiger partial charge >= 0.3 is 0 Å². The van der Waals surface area contributed by atoms with Crippen LogP contribution in [0.1, 0.15) is 33.1 Å². The van der Waals surface area contributed by atoms with E-state index in [0.717, 1.165) is 29.6 Å². The summed E-state index contributed by atoms with van der Waals surface area (Å²) in [6.07, 6.45) is 2.15. The van der Waals surface area contributed by atoms with Crippen molar-refractivity contribution in [2.75, 3.05) is 16.8 Å². The zero-order valence-corrected chi connectivity index (χ0v) is 17.3. The van der Waals surface area contributed by atoms with Crippen molar-refractivity contribution in [3.05, 3.63) is 48.5 Å². The van der Waals surface area contributed by atoms with Gasteiger partial charge in [0.1, 0.15) is 11.8 Å². The third kappa shape index (κ3) is 3.75. The Morgan fingerprint density at radius 3 is 2.60 bits per heavy atom. The predicted octanol–water partition coefficient (Wildman–Crippen LogP) is 3.98. The van der Waals surface area contributed by atoms with E-state index in [0.29, 0.717) is 24.8 Å². The molecule has 3 aromatic rings. The van der Waals surface area contributed by atoms with Crippen molar-refractivity contribution < 1.29 is 14.3 Å². The Balaban J connectivity index is 1.51. The molecule has 1 aliphatic rings. The van der Waals surface area contributed by atoms with Crippen LogP contribution in [0.4, 0.5) is 11.6 Å². The zero-order valence-electron chi connectivity index (χ0n) is 17.3. The Morgan fingerprint density at radius 2 is 1.87 bits per heavy atom. The summed E-state index contributed by atoms with van der Waals surface area (Å²) in [5.41, 5.74) is 2.41. The molecule has 7 heteroatoms. The van der Waals surface area contributed by atoms with Crippen molar-refractivity contribution in [1.82, 2.24) is 9.55 Å². The number of carbonyl (C=O) groups excluding carboxylic acids is 2. The summed E-state index contributed by atoms with van der Waals surface area (Å²) in [7, 11) is 0. The summed E-state index contributed by atoms with van der Waals surface area (Å²) >= 11 is 0. The van der Waals surface area contributed by atoms with E-state index >= 15 is 0 Å². The van der Waals surface area contributed by atoms with E-state index in [9.17, 15) is 9.59 Å². The fourth-order valence-electron chi connectivity index (χ4n) is 3.70. The van der Waals surface area contributed by atoms with Crippen LogP contribution in [0.3, 0.4) is 0 Å². The van der Waals surface area contributed by atoms with Gasteiger partial charge in [0, 0.05) is 6.54 Å². The van der Waals surface area contributed by atoms with Crippen molar-refractivity contribution in [3.8, 4) is 5.75 Å². The minimum atomic E-state index is -0.639. The molecule has 30 heavy (non-hydrogen) atoms. The molecule has 1 atom stereocenters. The lowest BCUT2D eigenvalue weighted by atomic mass is 10.2. The van der Waals surface area contributed by atoms with E-state index in [-0.39, 0.29) is 18.2 Å². The van der Waals surface area contributed by atoms with Crippen molar-refractivity contribution >= 4 is 34.5 Å². The van der Waals surface area contributed by atoms with Gasteiger partial charge in [-0.2, -0.15) is 0 Å². The third-order valence-electron chi connectivity index (χ3n) is 5.28. The number of nitrogens with zero attached hydrogens (tertiary/aromatic N) is 3. The Hall–Kier alpha value is -3.35. The van der Waals surface area contributed by atoms with Crippen LogP contribution in [-0.2, 0) is 16.1 Å². The lowest BCUT2D eigenvalue weighted by Crippen LogP contribution is -2.35. The highest BCUT2D eigenvalue weighted by atomic mass is 16.5. The van der Waals surface area contributed by atoms with E-state index in [1.165, 1.54) is 4.90 Å². The Bertz CT molecular complexity index is 1060. The summed E-state index contributed by atoms with van der Waals surface area (Å²) in [5.74, 6) is 0.842. The summed E-state index contributed by atoms with van der Waals surface area (Å²) in [6.45, 7) is 5.50. The number of nitrogens with one attached hydrogen (secondary N) is 1. The zero-order chi connectivity index (χ0) is 21.1. The number of rotatable bonds is 8. The summed E-state index contributed by atoms with van der Waals surface area (Å²) in [6, 6.07) is 14.3. The van der Waals surface area contributed by atoms with Crippen LogP contribution >= 0.6 is 0 Å². The number of aromatic nitrogens is 2. The second kappa shape index (κ2) is 8.57. The molecule has 2 amide bonds. The molecule has 1 unspecified atom stereocenters. The van der Waals surface area contributed by atoms with E-state index < -0.39 is 6.04 Å². The van der Waals surface area contributed by atoms with E-state index in [4.69, 9.17) is 4.74 Å². The van der Waals surface area contributed by atoms with E-state index in [1.54, 1.807) is 24.3 Å². The van der Waals surface area contributed by atoms with Crippen LogP contribution in [0.15, 0.2) is 48.5 Å². The molecule has 1 N–H and O–H groups in total. The minimum absolute atomic E-state index is 0.0977. The second-order valence-electron chi connectivity index (χ2n) is 7.33.